The zero-order valence-corrected chi connectivity index (χ0v) is 12.8. The summed E-state index contributed by atoms with van der Waals surface area (Å²) >= 11 is 0. The molecule has 2 rings (SSSR count). The molecule has 1 aromatic rings. The van der Waals surface area contributed by atoms with Gasteiger partial charge in [0.15, 0.2) is 0 Å². The average molecular weight is 292 g/mol. The molecule has 1 saturated heterocycles. The molecule has 0 radical (unpaired) electrons. The largest absolute Gasteiger partial charge is 0.491 e. The molecule has 5 nitrogen and oxygen atoms in total. The number of hydrogen-bond acceptors (Lipinski definition) is 4. The van der Waals surface area contributed by atoms with Gasteiger partial charge in [-0.05, 0) is 38.4 Å². The van der Waals surface area contributed by atoms with Gasteiger partial charge in [-0.1, -0.05) is 6.07 Å². The van der Waals surface area contributed by atoms with Crippen molar-refractivity contribution in [3.8, 4) is 5.75 Å². The highest BCUT2D eigenvalue weighted by Gasteiger charge is 2.34. The number of piperidine rings is 1. The number of ether oxygens (including phenoxy) is 2. The second-order valence-corrected chi connectivity index (χ2v) is 5.66. The first kappa shape index (κ1) is 15.8. The predicted molar refractivity (Wildman–Crippen MR) is 82.7 cm³/mol. The molecule has 5 heteroatoms. The zero-order valence-electron chi connectivity index (χ0n) is 12.8. The molecular formula is C16H24N2O3. The van der Waals surface area contributed by atoms with Crippen molar-refractivity contribution in [2.24, 2.45) is 5.41 Å². The van der Waals surface area contributed by atoms with Crippen LogP contribution in [0.25, 0.3) is 0 Å². The minimum atomic E-state index is -0.342. The molecule has 0 saturated carbocycles. The number of amides is 1. The standard InChI is InChI=1S/C16H24N2O3/c1-16(7-4-8-17-12-16)15(19)18-13-5-3-6-14(11-13)21-10-9-20-2/h3,5-6,11,17H,4,7-10,12H2,1-2H3,(H,18,19). The Hall–Kier alpha value is -1.59. The van der Waals surface area contributed by atoms with Crippen LogP contribution < -0.4 is 15.4 Å². The summed E-state index contributed by atoms with van der Waals surface area (Å²) in [6.45, 7) is 4.76. The van der Waals surface area contributed by atoms with E-state index in [0.29, 0.717) is 13.2 Å². The number of carbonyl (C=O) groups excluding carboxylic acids is 1. The molecule has 1 aliphatic rings. The van der Waals surface area contributed by atoms with Crippen molar-refractivity contribution in [3.05, 3.63) is 24.3 Å². The van der Waals surface area contributed by atoms with Crippen molar-refractivity contribution < 1.29 is 14.3 Å². The van der Waals surface area contributed by atoms with Crippen LogP contribution in [0.1, 0.15) is 19.8 Å². The first-order chi connectivity index (χ1) is 10.1. The fourth-order valence-corrected chi connectivity index (χ4v) is 2.44. The molecule has 1 aromatic carbocycles. The van der Waals surface area contributed by atoms with Gasteiger partial charge in [0.25, 0.3) is 0 Å². The van der Waals surface area contributed by atoms with Crippen LogP contribution in [0.5, 0.6) is 5.75 Å². The monoisotopic (exact) mass is 292 g/mol. The van der Waals surface area contributed by atoms with E-state index in [-0.39, 0.29) is 11.3 Å². The third kappa shape index (κ3) is 4.44. The van der Waals surface area contributed by atoms with Gasteiger partial charge in [0.05, 0.1) is 12.0 Å². The van der Waals surface area contributed by atoms with Gasteiger partial charge in [-0.2, -0.15) is 0 Å². The third-order valence-electron chi connectivity index (χ3n) is 3.79. The molecule has 21 heavy (non-hydrogen) atoms. The normalized spacial score (nSPS) is 21.8. The van der Waals surface area contributed by atoms with Crippen molar-refractivity contribution in [1.82, 2.24) is 5.32 Å². The summed E-state index contributed by atoms with van der Waals surface area (Å²) in [5.74, 6) is 0.792. The fourth-order valence-electron chi connectivity index (χ4n) is 2.44. The lowest BCUT2D eigenvalue weighted by atomic mass is 9.82. The molecule has 1 atom stereocenters. The average Bonchev–Trinajstić information content (AvgIpc) is 2.49. The number of anilines is 1. The molecule has 1 amide bonds. The van der Waals surface area contributed by atoms with Crippen molar-refractivity contribution in [3.63, 3.8) is 0 Å². The quantitative estimate of drug-likeness (QED) is 0.788. The lowest BCUT2D eigenvalue weighted by molar-refractivity contribution is -0.125. The van der Waals surface area contributed by atoms with E-state index in [4.69, 9.17) is 9.47 Å². The first-order valence-corrected chi connectivity index (χ1v) is 7.38. The highest BCUT2D eigenvalue weighted by molar-refractivity contribution is 5.95. The smallest absolute Gasteiger partial charge is 0.231 e. The maximum absolute atomic E-state index is 12.4. The highest BCUT2D eigenvalue weighted by atomic mass is 16.5. The number of benzene rings is 1. The van der Waals surface area contributed by atoms with Crippen LogP contribution in [0.3, 0.4) is 0 Å². The Kier molecular flexibility index (Phi) is 5.59. The van der Waals surface area contributed by atoms with Crippen LogP contribution in [-0.4, -0.2) is 39.3 Å². The Labute approximate surface area is 126 Å². The highest BCUT2D eigenvalue weighted by Crippen LogP contribution is 2.28. The van der Waals surface area contributed by atoms with Crippen molar-refractivity contribution in [2.75, 3.05) is 38.7 Å². The number of rotatable bonds is 6. The van der Waals surface area contributed by atoms with Gasteiger partial charge in [0.1, 0.15) is 12.4 Å². The topological polar surface area (TPSA) is 59.6 Å². The Morgan fingerprint density at radius 1 is 1.43 bits per heavy atom. The molecular weight excluding hydrogens is 268 g/mol. The molecule has 1 aliphatic heterocycles. The van der Waals surface area contributed by atoms with E-state index in [1.165, 1.54) is 0 Å². The van der Waals surface area contributed by atoms with Crippen molar-refractivity contribution >= 4 is 11.6 Å². The van der Waals surface area contributed by atoms with Crippen LogP contribution in [0.15, 0.2) is 24.3 Å². The SMILES string of the molecule is COCCOc1cccc(NC(=O)C2(C)CCCNC2)c1. The van der Waals surface area contributed by atoms with E-state index in [9.17, 15) is 4.79 Å². The molecule has 2 N–H and O–H groups in total. The molecule has 1 unspecified atom stereocenters. The second-order valence-electron chi connectivity index (χ2n) is 5.66. The van der Waals surface area contributed by atoms with E-state index in [1.807, 2.05) is 31.2 Å². The molecule has 1 heterocycles. The lowest BCUT2D eigenvalue weighted by Gasteiger charge is -2.32. The van der Waals surface area contributed by atoms with Crippen LogP contribution in [-0.2, 0) is 9.53 Å². The zero-order chi connectivity index (χ0) is 15.1. The predicted octanol–water partition coefficient (Wildman–Crippen LogP) is 2.04. The number of hydrogen-bond donors (Lipinski definition) is 2. The summed E-state index contributed by atoms with van der Waals surface area (Å²) in [5, 5.41) is 6.28. The summed E-state index contributed by atoms with van der Waals surface area (Å²) in [4.78, 5) is 12.4. The van der Waals surface area contributed by atoms with Gasteiger partial charge >= 0.3 is 0 Å². The number of carbonyl (C=O) groups is 1. The van der Waals surface area contributed by atoms with Crippen LogP contribution in [0.4, 0.5) is 5.69 Å². The van der Waals surface area contributed by atoms with Crippen molar-refractivity contribution in [1.29, 1.82) is 0 Å². The Morgan fingerprint density at radius 3 is 3.00 bits per heavy atom. The van der Waals surface area contributed by atoms with E-state index in [2.05, 4.69) is 10.6 Å². The Morgan fingerprint density at radius 2 is 2.29 bits per heavy atom. The molecule has 0 aliphatic carbocycles. The van der Waals surface area contributed by atoms with Crippen LogP contribution >= 0.6 is 0 Å². The Balaban J connectivity index is 1.95. The second kappa shape index (κ2) is 7.43. The minimum absolute atomic E-state index is 0.0590. The maximum Gasteiger partial charge on any atom is 0.231 e. The van der Waals surface area contributed by atoms with Gasteiger partial charge in [-0.15, -0.1) is 0 Å². The summed E-state index contributed by atoms with van der Waals surface area (Å²) in [6, 6.07) is 7.46. The summed E-state index contributed by atoms with van der Waals surface area (Å²) in [6.07, 6.45) is 1.94. The number of methoxy groups -OCH3 is 1. The molecule has 116 valence electrons. The van der Waals surface area contributed by atoms with Gasteiger partial charge < -0.3 is 20.1 Å². The summed E-state index contributed by atoms with van der Waals surface area (Å²) in [7, 11) is 1.64. The molecule has 0 bridgehead atoms. The van der Waals surface area contributed by atoms with Gasteiger partial charge in [-0.25, -0.2) is 0 Å². The van der Waals surface area contributed by atoms with E-state index in [0.717, 1.165) is 37.4 Å². The van der Waals surface area contributed by atoms with E-state index < -0.39 is 0 Å². The first-order valence-electron chi connectivity index (χ1n) is 7.38. The van der Waals surface area contributed by atoms with E-state index in [1.54, 1.807) is 7.11 Å². The lowest BCUT2D eigenvalue weighted by Crippen LogP contribution is -2.46. The fraction of sp³-hybridized carbons (Fsp3) is 0.562. The van der Waals surface area contributed by atoms with E-state index >= 15 is 0 Å². The van der Waals surface area contributed by atoms with Crippen LogP contribution in [0.2, 0.25) is 0 Å². The maximum atomic E-state index is 12.4. The van der Waals surface area contributed by atoms with Crippen molar-refractivity contribution in [2.45, 2.75) is 19.8 Å². The molecule has 0 aromatic heterocycles. The van der Waals surface area contributed by atoms with Crippen LogP contribution in [0, 0.1) is 5.41 Å². The van der Waals surface area contributed by atoms with Gasteiger partial charge in [0.2, 0.25) is 5.91 Å². The minimum Gasteiger partial charge on any atom is -0.491 e. The van der Waals surface area contributed by atoms with Gasteiger partial charge in [0, 0.05) is 25.4 Å². The molecule has 1 fully saturated rings. The number of nitrogens with one attached hydrogen (secondary N) is 2. The Bertz CT molecular complexity index is 470. The summed E-state index contributed by atoms with van der Waals surface area (Å²) in [5.41, 5.74) is 0.423. The summed E-state index contributed by atoms with van der Waals surface area (Å²) < 4.78 is 10.5. The molecule has 0 spiro atoms. The van der Waals surface area contributed by atoms with Gasteiger partial charge in [-0.3, -0.25) is 4.79 Å². The third-order valence-corrected chi connectivity index (χ3v) is 3.79.